The third-order valence-electron chi connectivity index (χ3n) is 3.72. The zero-order valence-electron chi connectivity index (χ0n) is 14.3. The number of hydrogen-bond donors (Lipinski definition) is 2. The Morgan fingerprint density at radius 2 is 2.04 bits per heavy atom. The number of hydrogen-bond acceptors (Lipinski definition) is 4. The van der Waals surface area contributed by atoms with Gasteiger partial charge in [0.15, 0.2) is 0 Å². The van der Waals surface area contributed by atoms with Gasteiger partial charge in [0.25, 0.3) is 11.5 Å². The SMILES string of the molecule is CCc1cc(=O)nc(-n2nc(C)cc2NC(=O)c2cccc(C)c2)[nH]1. The minimum Gasteiger partial charge on any atom is -0.328 e. The largest absolute Gasteiger partial charge is 0.328 e. The average Bonchev–Trinajstić information content (AvgIpc) is 2.94. The van der Waals surface area contributed by atoms with Gasteiger partial charge < -0.3 is 10.3 Å². The third kappa shape index (κ3) is 3.65. The molecule has 0 unspecified atom stereocenters. The Kier molecular flexibility index (Phi) is 4.47. The van der Waals surface area contributed by atoms with Crippen LogP contribution < -0.4 is 10.9 Å². The molecule has 0 fully saturated rings. The highest BCUT2D eigenvalue weighted by molar-refractivity contribution is 6.04. The maximum Gasteiger partial charge on any atom is 0.274 e. The zero-order chi connectivity index (χ0) is 18.0. The molecule has 7 heteroatoms. The number of amides is 1. The highest BCUT2D eigenvalue weighted by atomic mass is 16.1. The van der Waals surface area contributed by atoms with Crippen LogP contribution in [0, 0.1) is 13.8 Å². The molecule has 25 heavy (non-hydrogen) atoms. The predicted molar refractivity (Wildman–Crippen MR) is 95.2 cm³/mol. The molecule has 2 aromatic heterocycles. The first-order chi connectivity index (χ1) is 12.0. The van der Waals surface area contributed by atoms with Crippen LogP contribution in [0.25, 0.3) is 5.95 Å². The summed E-state index contributed by atoms with van der Waals surface area (Å²) in [7, 11) is 0. The topological polar surface area (TPSA) is 92.7 Å². The van der Waals surface area contributed by atoms with E-state index in [2.05, 4.69) is 20.4 Å². The Labute approximate surface area is 144 Å². The van der Waals surface area contributed by atoms with E-state index in [1.54, 1.807) is 25.1 Å². The molecule has 0 saturated carbocycles. The van der Waals surface area contributed by atoms with Crippen LogP contribution in [0.4, 0.5) is 5.82 Å². The highest BCUT2D eigenvalue weighted by Gasteiger charge is 2.14. The van der Waals surface area contributed by atoms with Crippen molar-refractivity contribution in [1.29, 1.82) is 0 Å². The molecule has 3 aromatic rings. The van der Waals surface area contributed by atoms with Crippen LogP contribution in [-0.4, -0.2) is 25.7 Å². The second-order valence-corrected chi connectivity index (χ2v) is 5.83. The molecule has 1 amide bonds. The fraction of sp³-hybridized carbons (Fsp3) is 0.222. The molecule has 0 aliphatic carbocycles. The second kappa shape index (κ2) is 6.72. The maximum atomic E-state index is 12.5. The van der Waals surface area contributed by atoms with Gasteiger partial charge in [0.1, 0.15) is 5.82 Å². The van der Waals surface area contributed by atoms with Gasteiger partial charge in [0, 0.05) is 23.4 Å². The van der Waals surface area contributed by atoms with Gasteiger partial charge in [-0.3, -0.25) is 9.59 Å². The zero-order valence-corrected chi connectivity index (χ0v) is 14.3. The summed E-state index contributed by atoms with van der Waals surface area (Å²) in [4.78, 5) is 31.3. The van der Waals surface area contributed by atoms with Crippen LogP contribution in [0.15, 0.2) is 41.2 Å². The van der Waals surface area contributed by atoms with Crippen LogP contribution in [0.1, 0.15) is 34.2 Å². The molecule has 128 valence electrons. The summed E-state index contributed by atoms with van der Waals surface area (Å²) >= 11 is 0. The van der Waals surface area contributed by atoms with E-state index < -0.39 is 0 Å². The molecule has 0 radical (unpaired) electrons. The quantitative estimate of drug-likeness (QED) is 0.764. The van der Waals surface area contributed by atoms with Crippen LogP contribution in [0.5, 0.6) is 0 Å². The standard InChI is InChI=1S/C18H19N5O2/c1-4-14-10-16(24)21-18(19-14)23-15(9-12(3)22-23)20-17(25)13-7-5-6-11(2)8-13/h5-10H,4H2,1-3H3,(H,20,25)(H,19,21,24). The van der Waals surface area contributed by atoms with Crippen LogP contribution in [-0.2, 0) is 6.42 Å². The molecular formula is C18H19N5O2. The number of aromatic amines is 1. The Hall–Kier alpha value is -3.22. The summed E-state index contributed by atoms with van der Waals surface area (Å²) < 4.78 is 1.43. The minimum atomic E-state index is -0.352. The maximum absolute atomic E-state index is 12.5. The van der Waals surface area contributed by atoms with Gasteiger partial charge in [-0.25, -0.2) is 0 Å². The van der Waals surface area contributed by atoms with Gasteiger partial charge in [0.2, 0.25) is 5.95 Å². The third-order valence-corrected chi connectivity index (χ3v) is 3.72. The lowest BCUT2D eigenvalue weighted by Gasteiger charge is -2.09. The number of rotatable bonds is 4. The summed E-state index contributed by atoms with van der Waals surface area (Å²) in [6.45, 7) is 5.67. The number of aryl methyl sites for hydroxylation is 3. The number of H-pyrrole nitrogens is 1. The van der Waals surface area contributed by atoms with E-state index in [0.717, 1.165) is 11.3 Å². The number of nitrogens with one attached hydrogen (secondary N) is 2. The highest BCUT2D eigenvalue weighted by Crippen LogP contribution is 2.16. The molecule has 2 N–H and O–H groups in total. The Morgan fingerprint density at radius 1 is 1.24 bits per heavy atom. The summed E-state index contributed by atoms with van der Waals surface area (Å²) in [5, 5.41) is 7.16. The van der Waals surface area contributed by atoms with E-state index in [4.69, 9.17) is 0 Å². The van der Waals surface area contributed by atoms with E-state index in [1.165, 1.54) is 10.7 Å². The second-order valence-electron chi connectivity index (χ2n) is 5.83. The van der Waals surface area contributed by atoms with Crippen molar-refractivity contribution in [2.24, 2.45) is 0 Å². The molecule has 3 rings (SSSR count). The lowest BCUT2D eigenvalue weighted by molar-refractivity contribution is 0.102. The molecule has 0 aliphatic rings. The van der Waals surface area contributed by atoms with Crippen molar-refractivity contribution >= 4 is 11.7 Å². The lowest BCUT2D eigenvalue weighted by atomic mass is 10.1. The van der Waals surface area contributed by atoms with Crippen molar-refractivity contribution in [1.82, 2.24) is 19.7 Å². The Balaban J connectivity index is 1.98. The number of aromatic nitrogens is 4. The number of carbonyl (C=O) groups is 1. The van der Waals surface area contributed by atoms with Crippen LogP contribution in [0.3, 0.4) is 0 Å². The fourth-order valence-corrected chi connectivity index (χ4v) is 2.51. The number of carbonyl (C=O) groups excluding carboxylic acids is 1. The first-order valence-corrected chi connectivity index (χ1v) is 8.01. The number of anilines is 1. The number of benzene rings is 1. The Morgan fingerprint density at radius 3 is 2.76 bits per heavy atom. The van der Waals surface area contributed by atoms with Gasteiger partial charge in [-0.2, -0.15) is 14.8 Å². The van der Waals surface area contributed by atoms with Crippen LogP contribution >= 0.6 is 0 Å². The first kappa shape index (κ1) is 16.6. The van der Waals surface area contributed by atoms with Gasteiger partial charge >= 0.3 is 0 Å². The summed E-state index contributed by atoms with van der Waals surface area (Å²) in [6, 6.07) is 10.5. The summed E-state index contributed by atoms with van der Waals surface area (Å²) in [5.41, 5.74) is 2.64. The smallest absolute Gasteiger partial charge is 0.274 e. The van der Waals surface area contributed by atoms with E-state index in [0.29, 0.717) is 23.5 Å². The van der Waals surface area contributed by atoms with Crippen molar-refractivity contribution in [3.63, 3.8) is 0 Å². The molecule has 0 atom stereocenters. The van der Waals surface area contributed by atoms with Crippen LogP contribution in [0.2, 0.25) is 0 Å². The van der Waals surface area contributed by atoms with E-state index >= 15 is 0 Å². The molecule has 0 spiro atoms. The molecule has 0 aliphatic heterocycles. The van der Waals surface area contributed by atoms with Gasteiger partial charge in [-0.05, 0) is 32.4 Å². The Bertz CT molecular complexity index is 987. The lowest BCUT2D eigenvalue weighted by Crippen LogP contribution is -2.19. The average molecular weight is 337 g/mol. The van der Waals surface area contributed by atoms with Gasteiger partial charge in [-0.1, -0.05) is 24.6 Å². The molecule has 1 aromatic carbocycles. The molecule has 2 heterocycles. The first-order valence-electron chi connectivity index (χ1n) is 8.01. The summed E-state index contributed by atoms with van der Waals surface area (Å²) in [6.07, 6.45) is 0.663. The molecule has 7 nitrogen and oxygen atoms in total. The van der Waals surface area contributed by atoms with E-state index in [-0.39, 0.29) is 17.4 Å². The predicted octanol–water partition coefficient (Wildman–Crippen LogP) is 2.39. The van der Waals surface area contributed by atoms with Crippen molar-refractivity contribution in [2.45, 2.75) is 27.2 Å². The minimum absolute atomic E-state index is 0.251. The van der Waals surface area contributed by atoms with Crippen molar-refractivity contribution in [3.05, 3.63) is 69.3 Å². The van der Waals surface area contributed by atoms with Crippen molar-refractivity contribution in [3.8, 4) is 5.95 Å². The normalized spacial score (nSPS) is 10.7. The fourth-order valence-electron chi connectivity index (χ4n) is 2.51. The monoisotopic (exact) mass is 337 g/mol. The van der Waals surface area contributed by atoms with Crippen molar-refractivity contribution in [2.75, 3.05) is 5.32 Å². The number of nitrogens with zero attached hydrogens (tertiary/aromatic N) is 3. The van der Waals surface area contributed by atoms with E-state index in [9.17, 15) is 9.59 Å². The molecule has 0 saturated heterocycles. The molecular weight excluding hydrogens is 318 g/mol. The summed E-state index contributed by atoms with van der Waals surface area (Å²) in [5.74, 6) is 0.469. The van der Waals surface area contributed by atoms with Crippen molar-refractivity contribution < 1.29 is 4.79 Å². The molecule has 0 bridgehead atoms. The van der Waals surface area contributed by atoms with Gasteiger partial charge in [-0.15, -0.1) is 0 Å². The van der Waals surface area contributed by atoms with E-state index in [1.807, 2.05) is 26.0 Å². The van der Waals surface area contributed by atoms with Gasteiger partial charge in [0.05, 0.1) is 5.69 Å².